The average Bonchev–Trinajstić information content (AvgIpc) is 2.60. The molecule has 18 heavy (non-hydrogen) atoms. The second-order valence-electron chi connectivity index (χ2n) is 3.95. The molecule has 7 heteroatoms. The number of aromatic nitrogens is 1. The van der Waals surface area contributed by atoms with Crippen molar-refractivity contribution < 1.29 is 24.3 Å². The summed E-state index contributed by atoms with van der Waals surface area (Å²) >= 11 is 0. The van der Waals surface area contributed by atoms with Crippen molar-refractivity contribution in [3.63, 3.8) is 0 Å². The second kappa shape index (κ2) is 6.15. The van der Waals surface area contributed by atoms with Crippen molar-refractivity contribution >= 4 is 11.9 Å². The number of rotatable bonds is 6. The van der Waals surface area contributed by atoms with Gasteiger partial charge in [-0.3, -0.25) is 4.79 Å². The topological polar surface area (TPSA) is 113 Å². The number of carbonyl (C=O) groups is 2. The highest BCUT2D eigenvalue weighted by atomic mass is 16.5. The van der Waals surface area contributed by atoms with Gasteiger partial charge in [0.25, 0.3) is 0 Å². The molecule has 0 bridgehead atoms. The van der Waals surface area contributed by atoms with Gasteiger partial charge in [-0.05, 0) is 13.8 Å². The van der Waals surface area contributed by atoms with Crippen molar-refractivity contribution in [2.24, 2.45) is 0 Å². The molecule has 0 spiro atoms. The van der Waals surface area contributed by atoms with Crippen LogP contribution in [-0.2, 0) is 16.0 Å². The maximum atomic E-state index is 11.7. The van der Waals surface area contributed by atoms with E-state index in [9.17, 15) is 9.59 Å². The normalized spacial score (nSPS) is 12.2. The second-order valence-corrected chi connectivity index (χ2v) is 3.95. The zero-order chi connectivity index (χ0) is 13.7. The van der Waals surface area contributed by atoms with E-state index in [0.717, 1.165) is 0 Å². The van der Waals surface area contributed by atoms with Gasteiger partial charge in [-0.1, -0.05) is 5.16 Å². The molecule has 7 nitrogen and oxygen atoms in total. The van der Waals surface area contributed by atoms with Crippen LogP contribution in [-0.4, -0.2) is 39.9 Å². The number of hydrogen-bond acceptors (Lipinski definition) is 5. The fraction of sp³-hybridized carbons (Fsp3) is 0.545. The molecular weight excluding hydrogens is 240 g/mol. The van der Waals surface area contributed by atoms with E-state index in [1.807, 2.05) is 0 Å². The van der Waals surface area contributed by atoms with Crippen LogP contribution in [0.3, 0.4) is 0 Å². The molecule has 0 aliphatic heterocycles. The van der Waals surface area contributed by atoms with Crippen molar-refractivity contribution in [2.45, 2.75) is 32.7 Å². The summed E-state index contributed by atoms with van der Waals surface area (Å²) in [5, 5.41) is 23.6. The molecule has 1 aromatic heterocycles. The Hall–Kier alpha value is -1.89. The third-order valence-electron chi connectivity index (χ3n) is 2.57. The Morgan fingerprint density at radius 1 is 1.44 bits per heavy atom. The minimum atomic E-state index is -1.17. The van der Waals surface area contributed by atoms with Gasteiger partial charge in [-0.25, -0.2) is 4.79 Å². The van der Waals surface area contributed by atoms with Crippen molar-refractivity contribution in [3.8, 4) is 0 Å². The summed E-state index contributed by atoms with van der Waals surface area (Å²) in [6, 6.07) is -1.08. The lowest BCUT2D eigenvalue weighted by Crippen LogP contribution is -2.42. The van der Waals surface area contributed by atoms with Gasteiger partial charge in [-0.2, -0.15) is 0 Å². The fourth-order valence-corrected chi connectivity index (χ4v) is 1.55. The van der Waals surface area contributed by atoms with Crippen molar-refractivity contribution in [3.05, 3.63) is 17.0 Å². The van der Waals surface area contributed by atoms with Crippen molar-refractivity contribution in [1.29, 1.82) is 0 Å². The molecule has 0 fully saturated rings. The van der Waals surface area contributed by atoms with Crippen LogP contribution in [0.15, 0.2) is 4.52 Å². The largest absolute Gasteiger partial charge is 0.480 e. The van der Waals surface area contributed by atoms with E-state index >= 15 is 0 Å². The van der Waals surface area contributed by atoms with Crippen LogP contribution in [0.4, 0.5) is 0 Å². The quantitative estimate of drug-likeness (QED) is 0.649. The molecule has 3 N–H and O–H groups in total. The molecule has 100 valence electrons. The molecule has 1 amide bonds. The molecule has 0 aliphatic carbocycles. The van der Waals surface area contributed by atoms with E-state index in [4.69, 9.17) is 14.7 Å². The summed E-state index contributed by atoms with van der Waals surface area (Å²) in [6.07, 6.45) is -0.0148. The van der Waals surface area contributed by atoms with E-state index in [1.54, 1.807) is 13.8 Å². The lowest BCUT2D eigenvalue weighted by atomic mass is 10.1. The minimum absolute atomic E-state index is 0.0103. The van der Waals surface area contributed by atoms with Crippen LogP contribution in [0.5, 0.6) is 0 Å². The number of carboxylic acids is 1. The van der Waals surface area contributed by atoms with Crippen LogP contribution in [0.2, 0.25) is 0 Å². The van der Waals surface area contributed by atoms with E-state index in [2.05, 4.69) is 10.5 Å². The van der Waals surface area contributed by atoms with Crippen LogP contribution in [0.1, 0.15) is 23.4 Å². The van der Waals surface area contributed by atoms with Gasteiger partial charge < -0.3 is 20.1 Å². The third kappa shape index (κ3) is 3.56. The zero-order valence-corrected chi connectivity index (χ0v) is 10.3. The fourth-order valence-electron chi connectivity index (χ4n) is 1.55. The summed E-state index contributed by atoms with van der Waals surface area (Å²) in [7, 11) is 0. The molecular formula is C11H16N2O5. The highest BCUT2D eigenvalue weighted by Gasteiger charge is 2.21. The Morgan fingerprint density at radius 3 is 2.56 bits per heavy atom. The van der Waals surface area contributed by atoms with Crippen molar-refractivity contribution in [1.82, 2.24) is 10.5 Å². The number of carbonyl (C=O) groups excluding carboxylic acids is 1. The third-order valence-corrected chi connectivity index (χ3v) is 2.57. The Bertz CT molecular complexity index is 421. The number of nitrogens with one attached hydrogen (secondary N) is 1. The number of aryl methyl sites for hydroxylation is 2. The zero-order valence-electron chi connectivity index (χ0n) is 10.3. The predicted molar refractivity (Wildman–Crippen MR) is 61.0 cm³/mol. The van der Waals surface area contributed by atoms with Crippen LogP contribution >= 0.6 is 0 Å². The molecule has 1 aromatic rings. The van der Waals surface area contributed by atoms with Gasteiger partial charge in [0.1, 0.15) is 11.8 Å². The van der Waals surface area contributed by atoms with E-state index in [1.165, 1.54) is 0 Å². The number of carboxylic acid groups (broad SMARTS) is 1. The predicted octanol–water partition coefficient (Wildman–Crippen LogP) is -0.214. The highest BCUT2D eigenvalue weighted by Crippen LogP contribution is 2.12. The first-order chi connectivity index (χ1) is 8.45. The summed E-state index contributed by atoms with van der Waals surface area (Å²) in [5.41, 5.74) is 1.26. The number of aliphatic hydroxyl groups excluding tert-OH is 1. The van der Waals surface area contributed by atoms with Gasteiger partial charge in [0.15, 0.2) is 0 Å². The smallest absolute Gasteiger partial charge is 0.326 e. The SMILES string of the molecule is Cc1noc(C)c1CC(=O)N[C@@H](CCO)C(=O)O. The first-order valence-electron chi connectivity index (χ1n) is 5.50. The first-order valence-corrected chi connectivity index (χ1v) is 5.50. The average molecular weight is 256 g/mol. The summed E-state index contributed by atoms with van der Waals surface area (Å²) < 4.78 is 4.91. The van der Waals surface area contributed by atoms with Gasteiger partial charge in [0, 0.05) is 18.6 Å². The van der Waals surface area contributed by atoms with Gasteiger partial charge in [0.2, 0.25) is 5.91 Å². The molecule has 1 rings (SSSR count). The Labute approximate surface area is 104 Å². The van der Waals surface area contributed by atoms with Crippen LogP contribution < -0.4 is 5.32 Å². The molecule has 0 aromatic carbocycles. The number of amides is 1. The van der Waals surface area contributed by atoms with E-state index in [0.29, 0.717) is 17.0 Å². The van der Waals surface area contributed by atoms with Crippen molar-refractivity contribution in [2.75, 3.05) is 6.61 Å². The summed E-state index contributed by atoms with van der Waals surface area (Å²) in [4.78, 5) is 22.5. The van der Waals surface area contributed by atoms with Gasteiger partial charge >= 0.3 is 5.97 Å². The maximum absolute atomic E-state index is 11.7. The molecule has 0 saturated heterocycles. The lowest BCUT2D eigenvalue weighted by Gasteiger charge is -2.12. The minimum Gasteiger partial charge on any atom is -0.480 e. The lowest BCUT2D eigenvalue weighted by molar-refractivity contribution is -0.142. The van der Waals surface area contributed by atoms with Crippen LogP contribution in [0.25, 0.3) is 0 Å². The number of nitrogens with zero attached hydrogens (tertiary/aromatic N) is 1. The Morgan fingerprint density at radius 2 is 2.11 bits per heavy atom. The first kappa shape index (κ1) is 14.2. The monoisotopic (exact) mass is 256 g/mol. The van der Waals surface area contributed by atoms with E-state index in [-0.39, 0.29) is 19.4 Å². The number of hydrogen-bond donors (Lipinski definition) is 3. The van der Waals surface area contributed by atoms with Gasteiger partial charge in [0.05, 0.1) is 12.1 Å². The summed E-state index contributed by atoms with van der Waals surface area (Å²) in [6.45, 7) is 3.09. The number of aliphatic carboxylic acids is 1. The molecule has 0 saturated carbocycles. The molecule has 1 heterocycles. The molecule has 0 unspecified atom stereocenters. The Kier molecular flexibility index (Phi) is 4.85. The van der Waals surface area contributed by atoms with Gasteiger partial charge in [-0.15, -0.1) is 0 Å². The molecule has 1 atom stereocenters. The number of aliphatic hydroxyl groups is 1. The highest BCUT2D eigenvalue weighted by molar-refractivity contribution is 5.85. The standard InChI is InChI=1S/C11H16N2O5/c1-6-8(7(2)18-13-6)5-10(15)12-9(3-4-14)11(16)17/h9,14H,3-5H2,1-2H3,(H,12,15)(H,16,17)/t9-/m0/s1. The Balaban J connectivity index is 2.63. The van der Waals surface area contributed by atoms with E-state index < -0.39 is 17.9 Å². The van der Waals surface area contributed by atoms with Crippen LogP contribution in [0, 0.1) is 13.8 Å². The molecule has 0 radical (unpaired) electrons. The summed E-state index contributed by atoms with van der Waals surface area (Å²) in [5.74, 6) is -1.07. The molecule has 0 aliphatic rings. The maximum Gasteiger partial charge on any atom is 0.326 e.